The van der Waals surface area contributed by atoms with Crippen molar-refractivity contribution in [2.24, 2.45) is 11.8 Å². The average molecular weight is 260 g/mol. The SMILES string of the molecule is CCS(=O)(=O)CCCC(=O)C1CCCC(C)C1. The van der Waals surface area contributed by atoms with Crippen LogP contribution in [0.3, 0.4) is 0 Å². The van der Waals surface area contributed by atoms with Crippen molar-refractivity contribution in [1.29, 1.82) is 0 Å². The van der Waals surface area contributed by atoms with Gasteiger partial charge in [-0.25, -0.2) is 8.42 Å². The van der Waals surface area contributed by atoms with Crippen LogP contribution < -0.4 is 0 Å². The lowest BCUT2D eigenvalue weighted by Crippen LogP contribution is -2.22. The molecule has 0 aromatic heterocycles. The van der Waals surface area contributed by atoms with Crippen LogP contribution in [-0.2, 0) is 14.6 Å². The predicted molar refractivity (Wildman–Crippen MR) is 69.7 cm³/mol. The van der Waals surface area contributed by atoms with Crippen LogP contribution in [0.15, 0.2) is 0 Å². The number of rotatable bonds is 6. The van der Waals surface area contributed by atoms with Gasteiger partial charge in [-0.3, -0.25) is 4.79 Å². The standard InChI is InChI=1S/C13H24O3S/c1-3-17(15,16)9-5-8-13(14)12-7-4-6-11(2)10-12/h11-12H,3-10H2,1-2H3. The number of hydrogen-bond donors (Lipinski definition) is 0. The van der Waals surface area contributed by atoms with Crippen molar-refractivity contribution < 1.29 is 13.2 Å². The number of carbonyl (C=O) groups excluding carboxylic acids is 1. The Morgan fingerprint density at radius 2 is 2.00 bits per heavy atom. The van der Waals surface area contributed by atoms with Crippen molar-refractivity contribution in [1.82, 2.24) is 0 Å². The molecule has 1 fully saturated rings. The van der Waals surface area contributed by atoms with E-state index in [1.165, 1.54) is 6.42 Å². The summed E-state index contributed by atoms with van der Waals surface area (Å²) >= 11 is 0. The number of sulfone groups is 1. The maximum absolute atomic E-state index is 11.9. The number of carbonyl (C=O) groups is 1. The summed E-state index contributed by atoms with van der Waals surface area (Å²) < 4.78 is 22.6. The van der Waals surface area contributed by atoms with Crippen LogP contribution in [0.25, 0.3) is 0 Å². The molecule has 1 aliphatic carbocycles. The monoisotopic (exact) mass is 260 g/mol. The molecule has 100 valence electrons. The highest BCUT2D eigenvalue weighted by Gasteiger charge is 2.24. The minimum atomic E-state index is -2.91. The highest BCUT2D eigenvalue weighted by Crippen LogP contribution is 2.30. The Labute approximate surface area is 105 Å². The van der Waals surface area contributed by atoms with Gasteiger partial charge in [-0.15, -0.1) is 0 Å². The first kappa shape index (κ1) is 14.7. The molecule has 0 aromatic carbocycles. The summed E-state index contributed by atoms with van der Waals surface area (Å²) in [5, 5.41) is 0. The molecule has 2 unspecified atom stereocenters. The van der Waals surface area contributed by atoms with E-state index in [2.05, 4.69) is 6.92 Å². The molecule has 0 bridgehead atoms. The molecule has 0 radical (unpaired) electrons. The maximum Gasteiger partial charge on any atom is 0.150 e. The zero-order valence-electron chi connectivity index (χ0n) is 10.9. The van der Waals surface area contributed by atoms with E-state index in [-0.39, 0.29) is 23.2 Å². The van der Waals surface area contributed by atoms with Crippen molar-refractivity contribution in [3.05, 3.63) is 0 Å². The third-order valence-electron chi connectivity index (χ3n) is 3.71. The van der Waals surface area contributed by atoms with Gasteiger partial charge in [0.2, 0.25) is 0 Å². The molecule has 4 heteroatoms. The van der Waals surface area contributed by atoms with Crippen LogP contribution in [0.2, 0.25) is 0 Å². The van der Waals surface area contributed by atoms with E-state index in [9.17, 15) is 13.2 Å². The molecule has 0 saturated heterocycles. The smallest absolute Gasteiger partial charge is 0.150 e. The predicted octanol–water partition coefficient (Wildman–Crippen LogP) is 2.60. The average Bonchev–Trinajstić information content (AvgIpc) is 2.28. The summed E-state index contributed by atoms with van der Waals surface area (Å²) in [4.78, 5) is 11.9. The quantitative estimate of drug-likeness (QED) is 0.737. The van der Waals surface area contributed by atoms with Gasteiger partial charge < -0.3 is 0 Å². The summed E-state index contributed by atoms with van der Waals surface area (Å²) in [6, 6.07) is 0. The Kier molecular flexibility index (Phi) is 5.63. The largest absolute Gasteiger partial charge is 0.299 e. The molecule has 2 atom stereocenters. The van der Waals surface area contributed by atoms with Crippen molar-refractivity contribution in [3.63, 3.8) is 0 Å². The molecule has 3 nitrogen and oxygen atoms in total. The van der Waals surface area contributed by atoms with E-state index in [1.807, 2.05) is 0 Å². The molecule has 17 heavy (non-hydrogen) atoms. The van der Waals surface area contributed by atoms with E-state index in [0.29, 0.717) is 18.8 Å². The normalized spacial score (nSPS) is 25.8. The molecule has 0 amide bonds. The Morgan fingerprint density at radius 3 is 2.59 bits per heavy atom. The van der Waals surface area contributed by atoms with Gasteiger partial charge >= 0.3 is 0 Å². The van der Waals surface area contributed by atoms with Gasteiger partial charge in [0, 0.05) is 18.1 Å². The molecular weight excluding hydrogens is 236 g/mol. The molecule has 0 N–H and O–H groups in total. The first-order chi connectivity index (χ1) is 7.94. The second kappa shape index (κ2) is 6.53. The summed E-state index contributed by atoms with van der Waals surface area (Å²) in [7, 11) is -2.91. The van der Waals surface area contributed by atoms with Gasteiger partial charge in [0.25, 0.3) is 0 Å². The Balaban J connectivity index is 2.30. The lowest BCUT2D eigenvalue weighted by molar-refractivity contribution is -0.124. The number of hydrogen-bond acceptors (Lipinski definition) is 3. The van der Waals surface area contributed by atoms with Crippen LogP contribution in [0.1, 0.15) is 52.4 Å². The Bertz CT molecular complexity index is 346. The van der Waals surface area contributed by atoms with E-state index in [1.54, 1.807) is 6.92 Å². The highest BCUT2D eigenvalue weighted by atomic mass is 32.2. The summed E-state index contributed by atoms with van der Waals surface area (Å²) in [6.45, 7) is 3.85. The second-order valence-corrected chi connectivity index (χ2v) is 7.75. The van der Waals surface area contributed by atoms with Gasteiger partial charge in [-0.2, -0.15) is 0 Å². The van der Waals surface area contributed by atoms with Gasteiger partial charge in [0.15, 0.2) is 0 Å². The molecule has 0 aromatic rings. The Morgan fingerprint density at radius 1 is 1.29 bits per heavy atom. The fourth-order valence-corrected chi connectivity index (χ4v) is 3.41. The van der Waals surface area contributed by atoms with Crippen molar-refractivity contribution in [2.45, 2.75) is 52.4 Å². The minimum Gasteiger partial charge on any atom is -0.299 e. The second-order valence-electron chi connectivity index (χ2n) is 5.27. The fourth-order valence-electron chi connectivity index (χ4n) is 2.54. The number of Topliss-reactive ketones (excluding diaryl/α,β-unsaturated/α-hetero) is 1. The van der Waals surface area contributed by atoms with Crippen molar-refractivity contribution >= 4 is 15.6 Å². The first-order valence-electron chi connectivity index (χ1n) is 6.67. The first-order valence-corrected chi connectivity index (χ1v) is 8.50. The molecule has 1 rings (SSSR count). The topological polar surface area (TPSA) is 51.2 Å². The van der Waals surface area contributed by atoms with Crippen LogP contribution in [0, 0.1) is 11.8 Å². The lowest BCUT2D eigenvalue weighted by Gasteiger charge is -2.25. The highest BCUT2D eigenvalue weighted by molar-refractivity contribution is 7.91. The summed E-state index contributed by atoms with van der Waals surface area (Å²) in [6.07, 6.45) is 5.32. The van der Waals surface area contributed by atoms with Crippen LogP contribution in [0.5, 0.6) is 0 Å². The molecular formula is C13H24O3S. The van der Waals surface area contributed by atoms with Crippen LogP contribution in [-0.4, -0.2) is 25.7 Å². The molecule has 1 saturated carbocycles. The lowest BCUT2D eigenvalue weighted by atomic mass is 9.79. The van der Waals surface area contributed by atoms with Crippen LogP contribution in [0.4, 0.5) is 0 Å². The zero-order chi connectivity index (χ0) is 12.9. The molecule has 1 aliphatic rings. The Hall–Kier alpha value is -0.380. The van der Waals surface area contributed by atoms with Gasteiger partial charge in [0.1, 0.15) is 15.6 Å². The third-order valence-corrected chi connectivity index (χ3v) is 5.50. The van der Waals surface area contributed by atoms with Gasteiger partial charge in [-0.05, 0) is 25.2 Å². The van der Waals surface area contributed by atoms with E-state index >= 15 is 0 Å². The van der Waals surface area contributed by atoms with E-state index < -0.39 is 9.84 Å². The van der Waals surface area contributed by atoms with Gasteiger partial charge in [0.05, 0.1) is 5.75 Å². The maximum atomic E-state index is 11.9. The van der Waals surface area contributed by atoms with E-state index in [4.69, 9.17) is 0 Å². The van der Waals surface area contributed by atoms with Gasteiger partial charge in [-0.1, -0.05) is 26.7 Å². The van der Waals surface area contributed by atoms with Crippen molar-refractivity contribution in [2.75, 3.05) is 11.5 Å². The zero-order valence-corrected chi connectivity index (χ0v) is 11.8. The number of ketones is 1. The van der Waals surface area contributed by atoms with Crippen molar-refractivity contribution in [3.8, 4) is 0 Å². The molecule has 0 aliphatic heterocycles. The summed E-state index contributed by atoms with van der Waals surface area (Å²) in [5.41, 5.74) is 0. The van der Waals surface area contributed by atoms with E-state index in [0.717, 1.165) is 19.3 Å². The van der Waals surface area contributed by atoms with Crippen LogP contribution >= 0.6 is 0 Å². The minimum absolute atomic E-state index is 0.164. The summed E-state index contributed by atoms with van der Waals surface area (Å²) in [5.74, 6) is 1.47. The molecule has 0 heterocycles. The third kappa shape index (κ3) is 5.19. The molecule has 0 spiro atoms. The fraction of sp³-hybridized carbons (Fsp3) is 0.923.